The average Bonchev–Trinajstić information content (AvgIpc) is 3.15. The van der Waals surface area contributed by atoms with Crippen LogP contribution in [0.15, 0.2) is 66.1 Å². The van der Waals surface area contributed by atoms with Gasteiger partial charge in [-0.3, -0.25) is 14.5 Å². The van der Waals surface area contributed by atoms with E-state index in [4.69, 9.17) is 11.6 Å². The summed E-state index contributed by atoms with van der Waals surface area (Å²) in [6, 6.07) is 13.9. The fourth-order valence-corrected chi connectivity index (χ4v) is 4.20. The molecule has 1 aromatic heterocycles. The number of anilines is 1. The first-order chi connectivity index (χ1) is 14.1. The molecule has 0 spiro atoms. The van der Waals surface area contributed by atoms with Crippen LogP contribution in [0, 0.1) is 5.41 Å². The van der Waals surface area contributed by atoms with Gasteiger partial charge in [-0.25, -0.2) is 0 Å². The molecular weight excluding hydrogens is 400 g/mol. The third-order valence-electron chi connectivity index (χ3n) is 5.44. The number of halogens is 1. The number of Topliss-reactive ketones (excluding diaryl/α,β-unsaturated/α-hetero) is 1. The van der Waals surface area contributed by atoms with Gasteiger partial charge in [0.15, 0.2) is 11.5 Å². The summed E-state index contributed by atoms with van der Waals surface area (Å²) < 4.78 is 1.96. The summed E-state index contributed by atoms with van der Waals surface area (Å²) in [4.78, 5) is 28.0. The Morgan fingerprint density at radius 2 is 1.80 bits per heavy atom. The van der Waals surface area contributed by atoms with Crippen LogP contribution in [0.25, 0.3) is 10.9 Å². The van der Waals surface area contributed by atoms with Gasteiger partial charge in [-0.05, 0) is 24.3 Å². The minimum absolute atomic E-state index is 0.115. The molecule has 2 heterocycles. The third kappa shape index (κ3) is 3.10. The number of para-hydroxylation sites is 1. The molecule has 1 amide bonds. The topological polar surface area (TPSA) is 62.5 Å². The van der Waals surface area contributed by atoms with Crippen LogP contribution in [0.4, 0.5) is 5.69 Å². The van der Waals surface area contributed by atoms with Crippen LogP contribution in [0.1, 0.15) is 32.4 Å². The van der Waals surface area contributed by atoms with Crippen molar-refractivity contribution in [1.29, 1.82) is 0 Å². The maximum absolute atomic E-state index is 13.4. The summed E-state index contributed by atoms with van der Waals surface area (Å²) in [5.41, 5.74) is 1.62. The highest BCUT2D eigenvalue weighted by Gasteiger charge is 2.47. The Labute approximate surface area is 180 Å². The van der Waals surface area contributed by atoms with Crippen molar-refractivity contribution in [2.75, 3.05) is 4.90 Å². The van der Waals surface area contributed by atoms with Gasteiger partial charge in [0.2, 0.25) is 0 Å². The van der Waals surface area contributed by atoms with Crippen LogP contribution in [-0.4, -0.2) is 21.4 Å². The second kappa shape index (κ2) is 7.03. The van der Waals surface area contributed by atoms with Gasteiger partial charge in [0.1, 0.15) is 0 Å². The zero-order valence-corrected chi connectivity index (χ0v) is 18.1. The number of hydrogen-bond acceptors (Lipinski definition) is 3. The Balaban J connectivity index is 2.01. The van der Waals surface area contributed by atoms with Crippen LogP contribution in [0.2, 0.25) is 5.02 Å². The van der Waals surface area contributed by atoms with Crippen molar-refractivity contribution in [3.8, 4) is 0 Å². The van der Waals surface area contributed by atoms with E-state index < -0.39 is 23.1 Å². The van der Waals surface area contributed by atoms with Gasteiger partial charge in [-0.15, -0.1) is 0 Å². The van der Waals surface area contributed by atoms with Crippen LogP contribution < -0.4 is 4.90 Å². The van der Waals surface area contributed by atoms with Gasteiger partial charge in [0, 0.05) is 45.8 Å². The van der Waals surface area contributed by atoms with Gasteiger partial charge in [0.05, 0.1) is 11.6 Å². The van der Waals surface area contributed by atoms with Crippen molar-refractivity contribution < 1.29 is 14.7 Å². The predicted octanol–water partition coefficient (Wildman–Crippen LogP) is 5.35. The second-order valence-electron chi connectivity index (χ2n) is 8.61. The smallest absolute Gasteiger partial charge is 0.294 e. The van der Waals surface area contributed by atoms with Crippen LogP contribution in [0.3, 0.4) is 0 Å². The fraction of sp³-hybridized carbons (Fsp3) is 0.250. The van der Waals surface area contributed by atoms with Crippen molar-refractivity contribution in [1.82, 2.24) is 4.57 Å². The lowest BCUT2D eigenvalue weighted by atomic mass is 9.82. The third-order valence-corrected chi connectivity index (χ3v) is 5.68. The molecular formula is C24H23ClN2O3. The van der Waals surface area contributed by atoms with Gasteiger partial charge in [0.25, 0.3) is 5.91 Å². The largest absolute Gasteiger partial charge is 0.503 e. The number of amides is 1. The molecule has 0 aliphatic carbocycles. The average molecular weight is 423 g/mol. The number of carbonyl (C=O) groups is 2. The lowest BCUT2D eigenvalue weighted by Crippen LogP contribution is -2.32. The molecule has 6 heteroatoms. The van der Waals surface area contributed by atoms with E-state index in [1.165, 1.54) is 4.90 Å². The summed E-state index contributed by atoms with van der Waals surface area (Å²) in [6.45, 7) is 5.34. The molecule has 154 valence electrons. The number of aryl methyl sites for hydroxylation is 1. The summed E-state index contributed by atoms with van der Waals surface area (Å²) in [5, 5.41) is 12.2. The molecule has 4 rings (SSSR count). The Morgan fingerprint density at radius 3 is 2.47 bits per heavy atom. The van der Waals surface area contributed by atoms with E-state index in [-0.39, 0.29) is 11.4 Å². The molecule has 0 saturated carbocycles. The van der Waals surface area contributed by atoms with E-state index in [2.05, 4.69) is 0 Å². The number of aliphatic hydroxyl groups excluding tert-OH is 1. The van der Waals surface area contributed by atoms with E-state index in [1.54, 1.807) is 45.0 Å². The zero-order chi connectivity index (χ0) is 21.8. The van der Waals surface area contributed by atoms with Crippen LogP contribution >= 0.6 is 11.6 Å². The number of nitrogens with zero attached hydrogens (tertiary/aromatic N) is 2. The molecule has 1 N–H and O–H groups in total. The first-order valence-corrected chi connectivity index (χ1v) is 10.1. The van der Waals surface area contributed by atoms with E-state index in [1.807, 2.05) is 42.1 Å². The lowest BCUT2D eigenvalue weighted by molar-refractivity contribution is -0.123. The van der Waals surface area contributed by atoms with Gasteiger partial charge in [-0.1, -0.05) is 56.6 Å². The summed E-state index contributed by atoms with van der Waals surface area (Å²) in [7, 11) is 1.92. The number of hydrogen-bond donors (Lipinski definition) is 1. The molecule has 5 nitrogen and oxygen atoms in total. The minimum Gasteiger partial charge on any atom is -0.503 e. The van der Waals surface area contributed by atoms with Gasteiger partial charge >= 0.3 is 0 Å². The second-order valence-corrected chi connectivity index (χ2v) is 9.05. The monoisotopic (exact) mass is 422 g/mol. The highest BCUT2D eigenvalue weighted by atomic mass is 35.5. The molecule has 1 aliphatic heterocycles. The normalized spacial score (nSPS) is 17.3. The van der Waals surface area contributed by atoms with Crippen molar-refractivity contribution in [2.45, 2.75) is 26.8 Å². The first kappa shape index (κ1) is 20.2. The van der Waals surface area contributed by atoms with Gasteiger partial charge < -0.3 is 9.67 Å². The summed E-state index contributed by atoms with van der Waals surface area (Å²) in [6.07, 6.45) is 1.91. The van der Waals surface area contributed by atoms with E-state index in [0.717, 1.165) is 16.5 Å². The minimum atomic E-state index is -0.767. The molecule has 1 atom stereocenters. The SMILES string of the molecule is Cn1cc(C2C(C(=O)C(C)(C)C)=C(O)C(=O)N2c2cccc(Cl)c2)c2ccccc21. The molecule has 30 heavy (non-hydrogen) atoms. The molecule has 0 fully saturated rings. The maximum Gasteiger partial charge on any atom is 0.294 e. The quantitative estimate of drug-likeness (QED) is 0.619. The molecule has 3 aromatic rings. The number of aliphatic hydroxyl groups is 1. The molecule has 1 unspecified atom stereocenters. The fourth-order valence-electron chi connectivity index (χ4n) is 4.02. The number of aromatic nitrogens is 1. The Bertz CT molecular complexity index is 1220. The van der Waals surface area contributed by atoms with Crippen molar-refractivity contribution in [2.24, 2.45) is 12.5 Å². The molecule has 0 bridgehead atoms. The Hall–Kier alpha value is -3.05. The van der Waals surface area contributed by atoms with Crippen LogP contribution in [-0.2, 0) is 16.6 Å². The van der Waals surface area contributed by atoms with E-state index in [0.29, 0.717) is 10.7 Å². The van der Waals surface area contributed by atoms with Crippen LogP contribution in [0.5, 0.6) is 0 Å². The lowest BCUT2D eigenvalue weighted by Gasteiger charge is -2.28. The maximum atomic E-state index is 13.4. The standard InChI is InChI=1S/C24H23ClN2O3/c1-24(2,3)22(29)19-20(17-13-26(4)18-11-6-5-10-16(17)18)27(23(30)21(19)28)15-9-7-8-14(25)12-15/h5-13,20,28H,1-4H3. The molecule has 2 aromatic carbocycles. The zero-order valence-electron chi connectivity index (χ0n) is 17.3. The highest BCUT2D eigenvalue weighted by molar-refractivity contribution is 6.31. The summed E-state index contributed by atoms with van der Waals surface area (Å²) >= 11 is 6.19. The number of rotatable bonds is 3. The van der Waals surface area contributed by atoms with Crippen molar-refractivity contribution in [3.05, 3.63) is 76.6 Å². The van der Waals surface area contributed by atoms with Crippen molar-refractivity contribution in [3.63, 3.8) is 0 Å². The van der Waals surface area contributed by atoms with Gasteiger partial charge in [-0.2, -0.15) is 0 Å². The number of fused-ring (bicyclic) bond motifs is 1. The number of carbonyl (C=O) groups excluding carboxylic acids is 2. The Morgan fingerprint density at radius 1 is 1.10 bits per heavy atom. The Kier molecular flexibility index (Phi) is 4.74. The number of benzene rings is 2. The number of ketones is 1. The predicted molar refractivity (Wildman–Crippen MR) is 119 cm³/mol. The highest BCUT2D eigenvalue weighted by Crippen LogP contribution is 2.45. The van der Waals surface area contributed by atoms with Crippen molar-refractivity contribution >= 4 is 39.9 Å². The summed E-state index contributed by atoms with van der Waals surface area (Å²) in [5.74, 6) is -1.38. The first-order valence-electron chi connectivity index (χ1n) is 9.72. The van der Waals surface area contributed by atoms with E-state index in [9.17, 15) is 14.7 Å². The molecule has 0 radical (unpaired) electrons. The molecule has 1 aliphatic rings. The van der Waals surface area contributed by atoms with E-state index >= 15 is 0 Å². The molecule has 0 saturated heterocycles.